The minimum atomic E-state index is -4.12. The van der Waals surface area contributed by atoms with Gasteiger partial charge in [-0.25, -0.2) is 16.8 Å². The van der Waals surface area contributed by atoms with Crippen LogP contribution in [0.1, 0.15) is 19.1 Å². The lowest BCUT2D eigenvalue weighted by molar-refractivity contribution is -0.133. The number of hydrogen-bond acceptors (Lipinski definition) is 8. The molecule has 1 saturated heterocycles. The van der Waals surface area contributed by atoms with Crippen molar-refractivity contribution in [3.05, 3.63) is 42.4 Å². The summed E-state index contributed by atoms with van der Waals surface area (Å²) in [5, 5.41) is 0. The molecule has 0 spiro atoms. The molecule has 1 aromatic carbocycles. The van der Waals surface area contributed by atoms with E-state index in [-0.39, 0.29) is 29.5 Å². The molecule has 180 valence electrons. The Morgan fingerprint density at radius 2 is 1.91 bits per heavy atom. The summed E-state index contributed by atoms with van der Waals surface area (Å²) in [7, 11) is -7.32. The number of ether oxygens (including phenoxy) is 2. The monoisotopic (exact) mass is 498 g/mol. The molecule has 1 atom stereocenters. The Bertz CT molecular complexity index is 1210. The lowest BCUT2D eigenvalue weighted by Crippen LogP contribution is -2.47. The molecular formula is C21H26N2O8S2. The van der Waals surface area contributed by atoms with Crippen molar-refractivity contribution in [2.75, 3.05) is 37.8 Å². The van der Waals surface area contributed by atoms with Crippen molar-refractivity contribution in [2.24, 2.45) is 0 Å². The van der Waals surface area contributed by atoms with E-state index < -0.39 is 38.4 Å². The van der Waals surface area contributed by atoms with E-state index in [0.29, 0.717) is 36.9 Å². The first-order valence-electron chi connectivity index (χ1n) is 10.6. The van der Waals surface area contributed by atoms with Crippen molar-refractivity contribution in [1.29, 1.82) is 0 Å². The Labute approximate surface area is 193 Å². The van der Waals surface area contributed by atoms with Crippen molar-refractivity contribution < 1.29 is 35.5 Å². The van der Waals surface area contributed by atoms with Gasteiger partial charge in [0.2, 0.25) is 15.9 Å². The maximum absolute atomic E-state index is 13.5. The molecule has 2 aliphatic rings. The number of likely N-dealkylation sites (N-methyl/N-ethyl adjacent to an activating group) is 1. The molecule has 12 heteroatoms. The minimum absolute atomic E-state index is 0.0209. The van der Waals surface area contributed by atoms with Gasteiger partial charge in [0.25, 0.3) is 0 Å². The summed E-state index contributed by atoms with van der Waals surface area (Å²) < 4.78 is 68.2. The molecule has 0 radical (unpaired) electrons. The quantitative estimate of drug-likeness (QED) is 0.533. The van der Waals surface area contributed by atoms with Gasteiger partial charge < -0.3 is 18.8 Å². The fourth-order valence-corrected chi connectivity index (χ4v) is 7.14. The van der Waals surface area contributed by atoms with Gasteiger partial charge in [-0.1, -0.05) is 0 Å². The van der Waals surface area contributed by atoms with Crippen LogP contribution in [0.5, 0.6) is 11.5 Å². The van der Waals surface area contributed by atoms with E-state index in [1.54, 1.807) is 19.1 Å². The van der Waals surface area contributed by atoms with Crippen LogP contribution in [0.3, 0.4) is 0 Å². The maximum Gasteiger partial charge on any atom is 0.244 e. The summed E-state index contributed by atoms with van der Waals surface area (Å²) >= 11 is 0. The Balaban J connectivity index is 1.61. The molecule has 2 aromatic rings. The zero-order valence-electron chi connectivity index (χ0n) is 18.2. The van der Waals surface area contributed by atoms with E-state index in [1.165, 1.54) is 29.4 Å². The second-order valence-corrected chi connectivity index (χ2v) is 12.1. The van der Waals surface area contributed by atoms with Crippen molar-refractivity contribution >= 4 is 25.8 Å². The number of carbonyl (C=O) groups excluding carboxylic acids is 1. The molecule has 3 heterocycles. The summed E-state index contributed by atoms with van der Waals surface area (Å²) in [6, 6.07) is 7.10. The number of hydrogen-bond donors (Lipinski definition) is 0. The molecular weight excluding hydrogens is 472 g/mol. The second-order valence-electron chi connectivity index (χ2n) is 7.89. The van der Waals surface area contributed by atoms with Crippen LogP contribution in [-0.4, -0.2) is 75.8 Å². The second kappa shape index (κ2) is 9.35. The van der Waals surface area contributed by atoms with E-state index in [2.05, 4.69) is 0 Å². The van der Waals surface area contributed by atoms with Crippen molar-refractivity contribution in [3.8, 4) is 11.5 Å². The molecule has 0 unspecified atom stereocenters. The van der Waals surface area contributed by atoms with Gasteiger partial charge in [-0.3, -0.25) is 4.79 Å². The summed E-state index contributed by atoms with van der Waals surface area (Å²) in [4.78, 5) is 14.6. The summed E-state index contributed by atoms with van der Waals surface area (Å²) in [6.07, 6.45) is 1.77. The van der Waals surface area contributed by atoms with Crippen LogP contribution < -0.4 is 9.47 Å². The van der Waals surface area contributed by atoms with Crippen molar-refractivity contribution in [2.45, 2.75) is 30.8 Å². The van der Waals surface area contributed by atoms with Gasteiger partial charge in [-0.15, -0.1) is 0 Å². The molecule has 1 aromatic heterocycles. The number of benzene rings is 1. The lowest BCUT2D eigenvalue weighted by atomic mass is 10.2. The largest absolute Gasteiger partial charge is 0.486 e. The van der Waals surface area contributed by atoms with E-state index in [4.69, 9.17) is 13.9 Å². The zero-order valence-corrected chi connectivity index (χ0v) is 19.8. The number of fused-ring (bicyclic) bond motifs is 1. The number of rotatable bonds is 8. The minimum Gasteiger partial charge on any atom is -0.486 e. The molecule has 1 amide bonds. The predicted octanol–water partition coefficient (Wildman–Crippen LogP) is 1.28. The average molecular weight is 499 g/mol. The number of nitrogens with zero attached hydrogens (tertiary/aromatic N) is 2. The van der Waals surface area contributed by atoms with Crippen LogP contribution in [0, 0.1) is 0 Å². The Morgan fingerprint density at radius 3 is 2.55 bits per heavy atom. The van der Waals surface area contributed by atoms with Crippen molar-refractivity contribution in [1.82, 2.24) is 9.21 Å². The number of furan rings is 1. The topological polar surface area (TPSA) is 123 Å². The smallest absolute Gasteiger partial charge is 0.244 e. The standard InChI is InChI=1S/C21H26N2O8S2/c1-2-23(16-7-11-32(25,26)15-16)21(24)14-22(13-17-4-3-8-29-17)33(27,28)18-5-6-19-20(12-18)31-10-9-30-19/h3-6,8,12,16H,2,7,9-11,13-15H2,1H3/t16-/m0/s1. The third-order valence-corrected chi connectivity index (χ3v) is 9.22. The molecule has 0 N–H and O–H groups in total. The average Bonchev–Trinajstić information content (AvgIpc) is 3.42. The first kappa shape index (κ1) is 23.6. The Hall–Kier alpha value is -2.57. The number of amides is 1. The van der Waals surface area contributed by atoms with E-state index in [1.807, 2.05) is 0 Å². The predicted molar refractivity (Wildman–Crippen MR) is 118 cm³/mol. The maximum atomic E-state index is 13.5. The molecule has 33 heavy (non-hydrogen) atoms. The van der Waals surface area contributed by atoms with Gasteiger partial charge in [0.05, 0.1) is 35.8 Å². The summed E-state index contributed by atoms with van der Waals surface area (Å²) in [6.45, 7) is 2.09. The molecule has 2 aliphatic heterocycles. The zero-order chi connectivity index (χ0) is 23.6. The first-order valence-corrected chi connectivity index (χ1v) is 13.9. The highest BCUT2D eigenvalue weighted by Crippen LogP contribution is 2.33. The SMILES string of the molecule is CCN(C(=O)CN(Cc1ccco1)S(=O)(=O)c1ccc2c(c1)OCCO2)[C@H]1CCS(=O)(=O)C1. The van der Waals surface area contributed by atoms with Gasteiger partial charge in [0.1, 0.15) is 19.0 Å². The third kappa shape index (κ3) is 5.17. The van der Waals surface area contributed by atoms with Crippen LogP contribution in [0.15, 0.2) is 45.9 Å². The lowest BCUT2D eigenvalue weighted by Gasteiger charge is -2.30. The first-order chi connectivity index (χ1) is 15.7. The molecule has 4 rings (SSSR count). The van der Waals surface area contributed by atoms with Crippen LogP contribution in [0.2, 0.25) is 0 Å². The molecule has 0 saturated carbocycles. The normalized spacial score (nSPS) is 19.5. The third-order valence-electron chi connectivity index (χ3n) is 5.69. The van der Waals surface area contributed by atoms with Gasteiger partial charge in [0.15, 0.2) is 21.3 Å². The highest BCUT2D eigenvalue weighted by atomic mass is 32.2. The van der Waals surface area contributed by atoms with Gasteiger partial charge in [-0.2, -0.15) is 4.31 Å². The van der Waals surface area contributed by atoms with Gasteiger partial charge in [-0.05, 0) is 37.6 Å². The summed E-state index contributed by atoms with van der Waals surface area (Å²) in [5.41, 5.74) is 0. The summed E-state index contributed by atoms with van der Waals surface area (Å²) in [5.74, 6) is 0.585. The highest BCUT2D eigenvalue weighted by molar-refractivity contribution is 7.91. The van der Waals surface area contributed by atoms with Crippen LogP contribution >= 0.6 is 0 Å². The van der Waals surface area contributed by atoms with E-state index in [9.17, 15) is 21.6 Å². The van der Waals surface area contributed by atoms with Crippen LogP contribution in [0.4, 0.5) is 0 Å². The van der Waals surface area contributed by atoms with E-state index in [0.717, 1.165) is 4.31 Å². The molecule has 10 nitrogen and oxygen atoms in total. The Morgan fingerprint density at radius 1 is 1.15 bits per heavy atom. The molecule has 0 bridgehead atoms. The van der Waals surface area contributed by atoms with Crippen molar-refractivity contribution in [3.63, 3.8) is 0 Å². The Kier molecular flexibility index (Phi) is 6.68. The fourth-order valence-electron chi connectivity index (χ4n) is 4.04. The molecule has 0 aliphatic carbocycles. The number of carbonyl (C=O) groups is 1. The highest BCUT2D eigenvalue weighted by Gasteiger charge is 2.36. The van der Waals surface area contributed by atoms with Crippen LogP contribution in [0.25, 0.3) is 0 Å². The van der Waals surface area contributed by atoms with E-state index >= 15 is 0 Å². The van der Waals surface area contributed by atoms with Crippen LogP contribution in [-0.2, 0) is 31.2 Å². The van der Waals surface area contributed by atoms with Gasteiger partial charge >= 0.3 is 0 Å². The number of sulfone groups is 1. The number of sulfonamides is 1. The fraction of sp³-hybridized carbons (Fsp3) is 0.476. The molecule has 1 fully saturated rings. The van der Waals surface area contributed by atoms with Gasteiger partial charge in [0, 0.05) is 18.7 Å².